The summed E-state index contributed by atoms with van der Waals surface area (Å²) in [5.41, 5.74) is 0.877. The van der Waals surface area contributed by atoms with Gasteiger partial charge >= 0.3 is 12.1 Å². The zero-order valence-electron chi connectivity index (χ0n) is 17.9. The largest absolute Gasteiger partial charge is 0.453 e. The Morgan fingerprint density at radius 1 is 1.16 bits per heavy atom. The van der Waals surface area contributed by atoms with Crippen LogP contribution in [0.4, 0.5) is 31.0 Å². The molecule has 0 saturated carbocycles. The van der Waals surface area contributed by atoms with Gasteiger partial charge in [-0.1, -0.05) is 13.8 Å². The van der Waals surface area contributed by atoms with Crippen LogP contribution >= 0.6 is 0 Å². The van der Waals surface area contributed by atoms with E-state index in [9.17, 15) is 14.0 Å². The van der Waals surface area contributed by atoms with Crippen molar-refractivity contribution in [1.29, 1.82) is 0 Å². The smallest absolute Gasteiger partial charge is 0.410 e. The van der Waals surface area contributed by atoms with E-state index in [4.69, 9.17) is 4.74 Å². The van der Waals surface area contributed by atoms with Gasteiger partial charge in [0.05, 0.1) is 36.4 Å². The highest BCUT2D eigenvalue weighted by molar-refractivity contribution is 6.00. The van der Waals surface area contributed by atoms with Gasteiger partial charge in [-0.3, -0.25) is 4.90 Å². The number of amides is 3. The number of halogens is 1. The fraction of sp³-hybridized carbons (Fsp3) is 0.429. The van der Waals surface area contributed by atoms with Crippen LogP contribution in [0.5, 0.6) is 0 Å². The molecule has 2 aromatic rings. The number of nitrogens with zero attached hydrogens (tertiary/aromatic N) is 4. The summed E-state index contributed by atoms with van der Waals surface area (Å²) in [6, 6.07) is 5.59. The highest BCUT2D eigenvalue weighted by Gasteiger charge is 2.42. The summed E-state index contributed by atoms with van der Waals surface area (Å²) in [6.07, 6.45) is 4.00. The summed E-state index contributed by atoms with van der Waals surface area (Å²) in [5, 5.41) is 12.4. The molecule has 9 nitrogen and oxygen atoms in total. The first-order valence-electron chi connectivity index (χ1n) is 10.2. The summed E-state index contributed by atoms with van der Waals surface area (Å²) < 4.78 is 19.4. The van der Waals surface area contributed by atoms with Crippen LogP contribution in [0.15, 0.2) is 36.7 Å². The van der Waals surface area contributed by atoms with Gasteiger partial charge in [0, 0.05) is 25.3 Å². The normalized spacial score (nSPS) is 15.4. The van der Waals surface area contributed by atoms with Gasteiger partial charge in [0.1, 0.15) is 5.82 Å². The minimum absolute atomic E-state index is 0.0611. The number of methoxy groups -OCH3 is 1. The number of anilines is 3. The van der Waals surface area contributed by atoms with E-state index in [0.29, 0.717) is 25.3 Å². The number of ether oxygens (including phenoxy) is 1. The van der Waals surface area contributed by atoms with Crippen molar-refractivity contribution in [2.45, 2.75) is 32.2 Å². The van der Waals surface area contributed by atoms with Crippen LogP contribution < -0.4 is 15.5 Å². The molecule has 3 rings (SSSR count). The molecule has 2 N–H and O–H groups in total. The second kappa shape index (κ2) is 9.59. The lowest BCUT2D eigenvalue weighted by Crippen LogP contribution is -2.63. The molecule has 0 spiro atoms. The number of benzene rings is 1. The standard InChI is InChI=1S/C21H27FN6O3/c1-4-21(5-2)14-27(10-11-28(21)20(30)31-3)16-6-7-17(22)18(12-16)26-19(29)25-15-8-9-23-24-13-15/h6-9,12-13H,4-5,10-11,14H2,1-3H3,(H2,23,25,26,29). The van der Waals surface area contributed by atoms with Crippen LogP contribution in [0.25, 0.3) is 0 Å². The predicted octanol–water partition coefficient (Wildman–Crippen LogP) is 3.71. The van der Waals surface area contributed by atoms with Crippen molar-refractivity contribution in [3.8, 4) is 0 Å². The maximum Gasteiger partial charge on any atom is 0.410 e. The van der Waals surface area contributed by atoms with Crippen LogP contribution in [0.1, 0.15) is 26.7 Å². The van der Waals surface area contributed by atoms with Crippen molar-refractivity contribution in [2.24, 2.45) is 0 Å². The Balaban J connectivity index is 1.77. The van der Waals surface area contributed by atoms with E-state index < -0.39 is 11.8 Å². The van der Waals surface area contributed by atoms with Gasteiger partial charge in [-0.2, -0.15) is 10.2 Å². The van der Waals surface area contributed by atoms with Crippen molar-refractivity contribution in [3.63, 3.8) is 0 Å². The summed E-state index contributed by atoms with van der Waals surface area (Å²) >= 11 is 0. The summed E-state index contributed by atoms with van der Waals surface area (Å²) in [4.78, 5) is 28.4. The molecule has 2 heterocycles. The van der Waals surface area contributed by atoms with Crippen LogP contribution in [0, 0.1) is 5.82 Å². The Labute approximate surface area is 180 Å². The van der Waals surface area contributed by atoms with Crippen molar-refractivity contribution < 1.29 is 18.7 Å². The first-order valence-corrected chi connectivity index (χ1v) is 10.2. The Bertz CT molecular complexity index is 923. The van der Waals surface area contributed by atoms with Gasteiger partial charge in [-0.25, -0.2) is 14.0 Å². The third-order valence-electron chi connectivity index (χ3n) is 5.77. The van der Waals surface area contributed by atoms with Crippen LogP contribution in [0.2, 0.25) is 0 Å². The topological polar surface area (TPSA) is 99.7 Å². The molecule has 0 unspecified atom stereocenters. The molecule has 0 atom stereocenters. The SMILES string of the molecule is CCC1(CC)CN(c2ccc(F)c(NC(=O)Nc3ccnnc3)c2)CCN1C(=O)OC. The molecule has 1 aliphatic heterocycles. The molecular formula is C21H27FN6O3. The number of nitrogens with one attached hydrogen (secondary N) is 2. The predicted molar refractivity (Wildman–Crippen MR) is 116 cm³/mol. The van der Waals surface area contributed by atoms with E-state index in [1.165, 1.54) is 25.6 Å². The molecule has 1 fully saturated rings. The number of hydrogen-bond acceptors (Lipinski definition) is 6. The van der Waals surface area contributed by atoms with Crippen LogP contribution in [-0.4, -0.2) is 59.5 Å². The number of urea groups is 1. The average molecular weight is 430 g/mol. The van der Waals surface area contributed by atoms with Crippen LogP contribution in [0.3, 0.4) is 0 Å². The Morgan fingerprint density at radius 2 is 1.94 bits per heavy atom. The van der Waals surface area contributed by atoms with Gasteiger partial charge in [-0.15, -0.1) is 0 Å². The molecule has 3 amide bonds. The third-order valence-corrected chi connectivity index (χ3v) is 5.77. The molecule has 1 aliphatic rings. The van der Waals surface area contributed by atoms with Crippen molar-refractivity contribution in [3.05, 3.63) is 42.5 Å². The van der Waals surface area contributed by atoms with E-state index in [2.05, 4.69) is 25.7 Å². The van der Waals surface area contributed by atoms with E-state index in [-0.39, 0.29) is 17.3 Å². The highest BCUT2D eigenvalue weighted by Crippen LogP contribution is 2.33. The van der Waals surface area contributed by atoms with E-state index >= 15 is 0 Å². The van der Waals surface area contributed by atoms with Gasteiger partial charge in [0.2, 0.25) is 0 Å². The lowest BCUT2D eigenvalue weighted by Gasteiger charge is -2.50. The Hall–Kier alpha value is -3.43. The first kappa shape index (κ1) is 22.3. The average Bonchev–Trinajstić information content (AvgIpc) is 2.80. The summed E-state index contributed by atoms with van der Waals surface area (Å²) in [7, 11) is 1.38. The van der Waals surface area contributed by atoms with Crippen molar-refractivity contribution in [1.82, 2.24) is 15.1 Å². The second-order valence-electron chi connectivity index (χ2n) is 7.35. The molecule has 1 aromatic heterocycles. The maximum absolute atomic E-state index is 14.4. The van der Waals surface area contributed by atoms with Crippen molar-refractivity contribution >= 4 is 29.2 Å². The van der Waals surface area contributed by atoms with E-state index in [1.54, 1.807) is 23.1 Å². The maximum atomic E-state index is 14.4. The highest BCUT2D eigenvalue weighted by atomic mass is 19.1. The molecule has 0 bridgehead atoms. The third kappa shape index (κ3) is 4.84. The first-order chi connectivity index (χ1) is 14.9. The van der Waals surface area contributed by atoms with Gasteiger partial charge in [0.25, 0.3) is 0 Å². The van der Waals surface area contributed by atoms with E-state index in [1.807, 2.05) is 13.8 Å². The van der Waals surface area contributed by atoms with Crippen molar-refractivity contribution in [2.75, 3.05) is 42.3 Å². The molecule has 31 heavy (non-hydrogen) atoms. The number of aromatic nitrogens is 2. The second-order valence-corrected chi connectivity index (χ2v) is 7.35. The number of carbonyl (C=O) groups is 2. The molecule has 0 aliphatic carbocycles. The van der Waals surface area contributed by atoms with Gasteiger partial charge < -0.3 is 20.3 Å². The minimum atomic E-state index is -0.587. The number of hydrogen-bond donors (Lipinski definition) is 2. The fourth-order valence-electron chi connectivity index (χ4n) is 3.90. The molecule has 10 heteroatoms. The molecule has 166 valence electrons. The molecule has 0 radical (unpaired) electrons. The lowest BCUT2D eigenvalue weighted by molar-refractivity contribution is 0.0483. The fourth-order valence-corrected chi connectivity index (χ4v) is 3.90. The molecule has 1 aromatic carbocycles. The zero-order valence-corrected chi connectivity index (χ0v) is 17.9. The van der Waals surface area contributed by atoms with E-state index in [0.717, 1.165) is 18.5 Å². The summed E-state index contributed by atoms with van der Waals surface area (Å²) in [5.74, 6) is -0.544. The van der Waals surface area contributed by atoms with Crippen LogP contribution in [-0.2, 0) is 4.74 Å². The van der Waals surface area contributed by atoms with Gasteiger partial charge in [-0.05, 0) is 37.1 Å². The monoisotopic (exact) mass is 430 g/mol. The number of carbonyl (C=O) groups excluding carboxylic acids is 2. The summed E-state index contributed by atoms with van der Waals surface area (Å²) in [6.45, 7) is 5.72. The minimum Gasteiger partial charge on any atom is -0.453 e. The number of rotatable bonds is 5. The quantitative estimate of drug-likeness (QED) is 0.750. The Kier molecular flexibility index (Phi) is 6.88. The van der Waals surface area contributed by atoms with Gasteiger partial charge in [0.15, 0.2) is 0 Å². The number of piperazine rings is 1. The molecular weight excluding hydrogens is 403 g/mol. The lowest BCUT2D eigenvalue weighted by atomic mass is 9.88. The molecule has 1 saturated heterocycles. The Morgan fingerprint density at radius 3 is 2.58 bits per heavy atom. The zero-order chi connectivity index (χ0) is 22.4.